The molecule has 0 fully saturated rings. The molecule has 2 aliphatic rings. The first-order chi connectivity index (χ1) is 20.2. The summed E-state index contributed by atoms with van der Waals surface area (Å²) in [6.07, 6.45) is 3.00. The Balaban J connectivity index is 2.15. The molecule has 4 rings (SSSR count). The Morgan fingerprint density at radius 1 is 0.595 bits per heavy atom. The van der Waals surface area contributed by atoms with Crippen molar-refractivity contribution in [3.8, 4) is 0 Å². The number of hydrogen-bond acceptors (Lipinski definition) is 10. The largest absolute Gasteiger partial charge is 0.465 e. The van der Waals surface area contributed by atoms with Crippen LogP contribution in [0.4, 0.5) is 0 Å². The Morgan fingerprint density at radius 3 is 1.31 bits per heavy atom. The molecule has 0 saturated carbocycles. The van der Waals surface area contributed by atoms with Crippen molar-refractivity contribution in [2.24, 2.45) is 10.8 Å². The third-order valence-corrected chi connectivity index (χ3v) is 9.35. The third-order valence-electron chi connectivity index (χ3n) is 7.11. The van der Waals surface area contributed by atoms with Gasteiger partial charge in [0.1, 0.15) is 10.8 Å². The van der Waals surface area contributed by atoms with Crippen LogP contribution in [0, 0.1) is 10.8 Å². The second-order valence-electron chi connectivity index (χ2n) is 9.61. The fourth-order valence-corrected chi connectivity index (χ4v) is 7.38. The molecule has 8 nitrogen and oxygen atoms in total. The quantitative estimate of drug-likeness (QED) is 0.260. The minimum atomic E-state index is -1.81. The summed E-state index contributed by atoms with van der Waals surface area (Å²) in [6, 6.07) is 14.8. The van der Waals surface area contributed by atoms with E-state index in [2.05, 4.69) is 0 Å². The van der Waals surface area contributed by atoms with E-state index in [0.717, 1.165) is 20.9 Å². The molecule has 2 atom stereocenters. The maximum Gasteiger partial charge on any atom is 0.344 e. The van der Waals surface area contributed by atoms with Crippen LogP contribution in [-0.2, 0) is 51.0 Å². The summed E-state index contributed by atoms with van der Waals surface area (Å²) in [4.78, 5) is 57.4. The van der Waals surface area contributed by atoms with E-state index in [1.165, 1.54) is 35.7 Å². The number of benzene rings is 2. The zero-order valence-corrected chi connectivity index (χ0v) is 25.7. The van der Waals surface area contributed by atoms with E-state index in [1.54, 1.807) is 27.7 Å². The zero-order chi connectivity index (χ0) is 30.3. The van der Waals surface area contributed by atoms with E-state index >= 15 is 0 Å². The van der Waals surface area contributed by atoms with Gasteiger partial charge in [-0.05, 0) is 75.9 Å². The summed E-state index contributed by atoms with van der Waals surface area (Å²) >= 11 is 2.33. The van der Waals surface area contributed by atoms with Gasteiger partial charge in [0.2, 0.25) is 0 Å². The highest BCUT2D eigenvalue weighted by Gasteiger charge is 2.62. The van der Waals surface area contributed by atoms with Crippen LogP contribution in [-0.4, -0.2) is 50.3 Å². The van der Waals surface area contributed by atoms with Gasteiger partial charge in [-0.3, -0.25) is 9.59 Å². The predicted octanol–water partition coefficient (Wildman–Crippen LogP) is 5.68. The number of ether oxygens (including phenoxy) is 4. The molecule has 0 aromatic heterocycles. The number of thioether (sulfide) groups is 2. The molecule has 0 amide bonds. The summed E-state index contributed by atoms with van der Waals surface area (Å²) in [6.45, 7) is 7.02. The normalized spacial score (nSPS) is 21.2. The molecule has 0 saturated heterocycles. The average Bonchev–Trinajstić information content (AvgIpc) is 3.28. The van der Waals surface area contributed by atoms with Crippen molar-refractivity contribution in [2.75, 3.05) is 26.4 Å². The first kappa shape index (κ1) is 31.4. The molecule has 222 valence electrons. The minimum absolute atomic E-state index is 0.00380. The molecule has 0 radical (unpaired) electrons. The van der Waals surface area contributed by atoms with Gasteiger partial charge >= 0.3 is 23.9 Å². The molecular formula is C32H34O8S2. The number of hydrogen-bond donors (Lipinski definition) is 0. The second-order valence-corrected chi connectivity index (χ2v) is 11.8. The monoisotopic (exact) mass is 610 g/mol. The zero-order valence-electron chi connectivity index (χ0n) is 24.1. The van der Waals surface area contributed by atoms with Gasteiger partial charge in [-0.2, -0.15) is 0 Å². The Bertz CT molecular complexity index is 1320. The molecule has 0 spiro atoms. The van der Waals surface area contributed by atoms with Crippen molar-refractivity contribution in [3.63, 3.8) is 0 Å². The second kappa shape index (κ2) is 13.6. The van der Waals surface area contributed by atoms with Crippen molar-refractivity contribution in [3.05, 3.63) is 81.6 Å². The number of rotatable bonds is 9. The van der Waals surface area contributed by atoms with Gasteiger partial charge in [0.25, 0.3) is 0 Å². The van der Waals surface area contributed by atoms with Gasteiger partial charge < -0.3 is 18.9 Å². The lowest BCUT2D eigenvalue weighted by Crippen LogP contribution is -2.54. The molecular weight excluding hydrogens is 576 g/mol. The molecule has 42 heavy (non-hydrogen) atoms. The summed E-state index contributed by atoms with van der Waals surface area (Å²) in [7, 11) is 0. The van der Waals surface area contributed by atoms with E-state index in [-0.39, 0.29) is 49.1 Å². The first-order valence-corrected chi connectivity index (χ1v) is 15.5. The lowest BCUT2D eigenvalue weighted by molar-refractivity contribution is -0.172. The maximum atomic E-state index is 14.5. The van der Waals surface area contributed by atoms with E-state index < -0.39 is 34.7 Å². The van der Waals surface area contributed by atoms with Gasteiger partial charge in [0, 0.05) is 9.79 Å². The summed E-state index contributed by atoms with van der Waals surface area (Å²) in [5.41, 5.74) is -2.17. The van der Waals surface area contributed by atoms with Gasteiger partial charge in [0.15, 0.2) is 0 Å². The van der Waals surface area contributed by atoms with Gasteiger partial charge in [-0.25, -0.2) is 9.59 Å². The summed E-state index contributed by atoms with van der Waals surface area (Å²) < 4.78 is 22.2. The molecule has 2 aromatic carbocycles. The van der Waals surface area contributed by atoms with Crippen LogP contribution in [0.15, 0.2) is 80.3 Å². The predicted molar refractivity (Wildman–Crippen MR) is 160 cm³/mol. The van der Waals surface area contributed by atoms with E-state index in [1.807, 2.05) is 48.5 Å². The van der Waals surface area contributed by atoms with Crippen LogP contribution in [0.2, 0.25) is 0 Å². The minimum Gasteiger partial charge on any atom is -0.465 e. The van der Waals surface area contributed by atoms with Crippen molar-refractivity contribution in [2.45, 2.75) is 50.3 Å². The number of esters is 4. The average molecular weight is 611 g/mol. The van der Waals surface area contributed by atoms with Crippen LogP contribution < -0.4 is 0 Å². The lowest BCUT2D eigenvalue weighted by atomic mass is 9.57. The highest BCUT2D eigenvalue weighted by Crippen LogP contribution is 2.56. The highest BCUT2D eigenvalue weighted by molar-refractivity contribution is 8.04. The molecule has 2 heterocycles. The van der Waals surface area contributed by atoms with Crippen molar-refractivity contribution in [1.82, 2.24) is 0 Å². The fourth-order valence-electron chi connectivity index (χ4n) is 5.27. The smallest absolute Gasteiger partial charge is 0.344 e. The van der Waals surface area contributed by atoms with Crippen molar-refractivity contribution >= 4 is 47.4 Å². The molecule has 0 aliphatic carbocycles. The highest BCUT2D eigenvalue weighted by atomic mass is 32.2. The topological polar surface area (TPSA) is 105 Å². The van der Waals surface area contributed by atoms with E-state index in [4.69, 9.17) is 18.9 Å². The Labute approximate surface area is 254 Å². The molecule has 0 unspecified atom stereocenters. The first-order valence-electron chi connectivity index (χ1n) is 13.9. The van der Waals surface area contributed by atoms with Crippen LogP contribution in [0.1, 0.15) is 38.8 Å². The standard InChI is InChI=1S/C32H34O8S2/c1-5-37-27(33)25-19-31(29(35)39-7-3,17-21-13-9-11-15-23(21)41-25)32(30(36)40-8-4)18-22-14-10-12-16-24(22)42-26(20-32)28(34)38-6-2/h9-16,19-20H,5-8,17-18H2,1-4H3/t31-,32-/m1/s1. The van der Waals surface area contributed by atoms with Gasteiger partial charge in [-0.15, -0.1) is 0 Å². The van der Waals surface area contributed by atoms with Crippen LogP contribution in [0.5, 0.6) is 0 Å². The Hall–Kier alpha value is -3.50. The summed E-state index contributed by atoms with van der Waals surface area (Å²) in [5.74, 6) is -2.71. The lowest BCUT2D eigenvalue weighted by Gasteiger charge is -2.43. The maximum absolute atomic E-state index is 14.5. The van der Waals surface area contributed by atoms with E-state index in [9.17, 15) is 19.2 Å². The Morgan fingerprint density at radius 2 is 0.952 bits per heavy atom. The molecule has 0 N–H and O–H groups in total. The van der Waals surface area contributed by atoms with Crippen molar-refractivity contribution in [1.29, 1.82) is 0 Å². The molecule has 2 aliphatic heterocycles. The molecule has 10 heteroatoms. The molecule has 0 bridgehead atoms. The number of carbonyl (C=O) groups is 4. The van der Waals surface area contributed by atoms with Crippen LogP contribution in [0.3, 0.4) is 0 Å². The fraction of sp³-hybridized carbons (Fsp3) is 0.375. The van der Waals surface area contributed by atoms with Crippen LogP contribution >= 0.6 is 23.5 Å². The summed E-state index contributed by atoms with van der Waals surface area (Å²) in [5, 5.41) is 0. The number of carbonyl (C=O) groups excluding carboxylic acids is 4. The van der Waals surface area contributed by atoms with Gasteiger partial charge in [-0.1, -0.05) is 59.9 Å². The van der Waals surface area contributed by atoms with Gasteiger partial charge in [0.05, 0.1) is 36.2 Å². The van der Waals surface area contributed by atoms with Crippen molar-refractivity contribution < 1.29 is 38.1 Å². The Kier molecular flexibility index (Phi) is 10.2. The third kappa shape index (κ3) is 6.01. The SMILES string of the molecule is CCOC(=O)C1=C[C@](C(=O)OCC)([C@@]2(C(=O)OCC)C=C(C(=O)OCC)Sc3ccccc3C2)Cc2ccccc2S1. The van der Waals surface area contributed by atoms with Crippen LogP contribution in [0.25, 0.3) is 0 Å². The molecule has 2 aromatic rings. The number of fused-ring (bicyclic) bond motifs is 2. The van der Waals surface area contributed by atoms with E-state index in [0.29, 0.717) is 0 Å².